The largest absolute Gasteiger partial charge is 0.255 e. The number of hydrogen-bond donors (Lipinski definition) is 0. The van der Waals surface area contributed by atoms with Gasteiger partial charge in [-0.2, -0.15) is 0 Å². The van der Waals surface area contributed by atoms with E-state index in [2.05, 4.69) is 99.8 Å². The zero-order valence-electron chi connectivity index (χ0n) is 15.6. The third kappa shape index (κ3) is 3.57. The molecule has 3 heteroatoms. The molecule has 0 saturated carbocycles. The Balaban J connectivity index is 1.76. The summed E-state index contributed by atoms with van der Waals surface area (Å²) in [6.45, 7) is 0. The first-order valence-electron chi connectivity index (χ1n) is 9.45. The minimum Gasteiger partial charge on any atom is -0.255 e. The maximum absolute atomic E-state index is 5.00. The van der Waals surface area contributed by atoms with E-state index in [0.717, 1.165) is 38.2 Å². The number of hydrogen-bond acceptors (Lipinski definition) is 2. The molecular formula is C26H17BrN2. The number of rotatable bonds is 3. The van der Waals surface area contributed by atoms with Crippen molar-refractivity contribution in [2.75, 3.05) is 0 Å². The van der Waals surface area contributed by atoms with Crippen molar-refractivity contribution >= 4 is 26.7 Å². The van der Waals surface area contributed by atoms with E-state index in [4.69, 9.17) is 4.98 Å². The van der Waals surface area contributed by atoms with Crippen LogP contribution in [-0.2, 0) is 0 Å². The first-order chi connectivity index (χ1) is 14.3. The predicted octanol–water partition coefficient (Wildman–Crippen LogP) is 7.39. The zero-order valence-corrected chi connectivity index (χ0v) is 17.2. The highest BCUT2D eigenvalue weighted by Gasteiger charge is 2.11. The molecule has 5 rings (SSSR count). The zero-order chi connectivity index (χ0) is 19.6. The van der Waals surface area contributed by atoms with E-state index in [-0.39, 0.29) is 0 Å². The summed E-state index contributed by atoms with van der Waals surface area (Å²) in [7, 11) is 0. The van der Waals surface area contributed by atoms with Gasteiger partial charge in [0, 0.05) is 16.2 Å². The second-order valence-corrected chi connectivity index (χ2v) is 7.79. The molecule has 2 aromatic heterocycles. The van der Waals surface area contributed by atoms with E-state index in [1.165, 1.54) is 10.8 Å². The van der Waals surface area contributed by atoms with Crippen molar-refractivity contribution in [2.24, 2.45) is 0 Å². The molecule has 0 aliphatic carbocycles. The summed E-state index contributed by atoms with van der Waals surface area (Å²) in [5.74, 6) is 0. The molecule has 0 bridgehead atoms. The van der Waals surface area contributed by atoms with Crippen molar-refractivity contribution in [2.45, 2.75) is 0 Å². The van der Waals surface area contributed by atoms with Gasteiger partial charge >= 0.3 is 0 Å². The fourth-order valence-corrected chi connectivity index (χ4v) is 3.84. The highest BCUT2D eigenvalue weighted by Crippen LogP contribution is 2.33. The fourth-order valence-electron chi connectivity index (χ4n) is 3.57. The molecule has 0 spiro atoms. The van der Waals surface area contributed by atoms with Gasteiger partial charge in [-0.05, 0) is 58.3 Å². The predicted molar refractivity (Wildman–Crippen MR) is 124 cm³/mol. The van der Waals surface area contributed by atoms with Crippen LogP contribution in [0.25, 0.3) is 44.5 Å². The molecule has 5 aromatic rings. The molecule has 0 atom stereocenters. The van der Waals surface area contributed by atoms with Crippen LogP contribution in [0.4, 0.5) is 0 Å². The van der Waals surface area contributed by atoms with Gasteiger partial charge in [-0.1, -0.05) is 76.6 Å². The van der Waals surface area contributed by atoms with E-state index >= 15 is 0 Å². The van der Waals surface area contributed by atoms with E-state index < -0.39 is 0 Å². The first kappa shape index (κ1) is 17.8. The molecule has 2 heterocycles. The second-order valence-electron chi connectivity index (χ2n) is 6.87. The number of nitrogens with zero attached hydrogens (tertiary/aromatic N) is 2. The molecule has 0 radical (unpaired) electrons. The average Bonchev–Trinajstić information content (AvgIpc) is 2.79. The summed E-state index contributed by atoms with van der Waals surface area (Å²) < 4.78 is 1.06. The Morgan fingerprint density at radius 1 is 0.586 bits per heavy atom. The van der Waals surface area contributed by atoms with Gasteiger partial charge in [-0.15, -0.1) is 0 Å². The maximum atomic E-state index is 5.00. The van der Waals surface area contributed by atoms with Crippen molar-refractivity contribution in [3.8, 4) is 33.8 Å². The van der Waals surface area contributed by atoms with Crippen LogP contribution >= 0.6 is 15.9 Å². The minimum atomic E-state index is 0.868. The maximum Gasteiger partial charge on any atom is 0.0899 e. The van der Waals surface area contributed by atoms with Crippen LogP contribution in [0.1, 0.15) is 0 Å². The minimum absolute atomic E-state index is 0.868. The number of fused-ring (bicyclic) bond motifs is 1. The SMILES string of the molecule is Brc1ccc(-c2cc(-c3ccccn3)nc(-c3cccc4ccccc34)c2)cc1. The van der Waals surface area contributed by atoms with Crippen molar-refractivity contribution in [1.82, 2.24) is 9.97 Å². The van der Waals surface area contributed by atoms with E-state index in [9.17, 15) is 0 Å². The van der Waals surface area contributed by atoms with E-state index in [1.54, 1.807) is 6.20 Å². The summed E-state index contributed by atoms with van der Waals surface area (Å²) >= 11 is 3.53. The Morgan fingerprint density at radius 3 is 2.17 bits per heavy atom. The summed E-state index contributed by atoms with van der Waals surface area (Å²) in [6, 6.07) is 33.4. The number of benzene rings is 3. The molecule has 0 unspecified atom stereocenters. The third-order valence-corrected chi connectivity index (χ3v) is 5.52. The quantitative estimate of drug-likeness (QED) is 0.294. The monoisotopic (exact) mass is 436 g/mol. The lowest BCUT2D eigenvalue weighted by Gasteiger charge is -2.12. The molecule has 0 N–H and O–H groups in total. The molecule has 0 aliphatic rings. The lowest BCUT2D eigenvalue weighted by molar-refractivity contribution is 1.25. The molecule has 29 heavy (non-hydrogen) atoms. The normalized spacial score (nSPS) is 10.9. The number of pyridine rings is 2. The van der Waals surface area contributed by atoms with Crippen LogP contribution < -0.4 is 0 Å². The molecule has 0 saturated heterocycles. The highest BCUT2D eigenvalue weighted by atomic mass is 79.9. The Kier molecular flexibility index (Phi) is 4.66. The number of aromatic nitrogens is 2. The Morgan fingerprint density at radius 2 is 1.34 bits per heavy atom. The summed E-state index contributed by atoms with van der Waals surface area (Å²) in [6.07, 6.45) is 1.81. The van der Waals surface area contributed by atoms with Crippen LogP contribution in [0, 0.1) is 0 Å². The van der Waals surface area contributed by atoms with Crippen LogP contribution in [0.15, 0.2) is 108 Å². The summed E-state index contributed by atoms with van der Waals surface area (Å²) in [5, 5.41) is 2.41. The van der Waals surface area contributed by atoms with Crippen LogP contribution in [0.5, 0.6) is 0 Å². The second kappa shape index (κ2) is 7.61. The van der Waals surface area contributed by atoms with Crippen LogP contribution in [-0.4, -0.2) is 9.97 Å². The molecule has 0 amide bonds. The van der Waals surface area contributed by atoms with Gasteiger partial charge < -0.3 is 0 Å². The van der Waals surface area contributed by atoms with Gasteiger partial charge in [0.1, 0.15) is 0 Å². The van der Waals surface area contributed by atoms with Crippen LogP contribution in [0.2, 0.25) is 0 Å². The van der Waals surface area contributed by atoms with Gasteiger partial charge in [0.05, 0.1) is 17.1 Å². The van der Waals surface area contributed by atoms with Gasteiger partial charge in [0.25, 0.3) is 0 Å². The number of halogens is 1. The topological polar surface area (TPSA) is 25.8 Å². The van der Waals surface area contributed by atoms with Crippen molar-refractivity contribution < 1.29 is 0 Å². The Labute approximate surface area is 178 Å². The molecule has 3 aromatic carbocycles. The van der Waals surface area contributed by atoms with Gasteiger partial charge in [-0.3, -0.25) is 4.98 Å². The summed E-state index contributed by atoms with van der Waals surface area (Å²) in [4.78, 5) is 9.52. The molecule has 138 valence electrons. The molecular weight excluding hydrogens is 420 g/mol. The van der Waals surface area contributed by atoms with Crippen LogP contribution in [0.3, 0.4) is 0 Å². The lowest BCUT2D eigenvalue weighted by atomic mass is 9.98. The average molecular weight is 437 g/mol. The third-order valence-electron chi connectivity index (χ3n) is 5.00. The molecule has 0 aliphatic heterocycles. The van der Waals surface area contributed by atoms with Crippen molar-refractivity contribution in [1.29, 1.82) is 0 Å². The van der Waals surface area contributed by atoms with Crippen molar-refractivity contribution in [3.63, 3.8) is 0 Å². The van der Waals surface area contributed by atoms with Gasteiger partial charge in [-0.25, -0.2) is 4.98 Å². The highest BCUT2D eigenvalue weighted by molar-refractivity contribution is 9.10. The lowest BCUT2D eigenvalue weighted by Crippen LogP contribution is -1.93. The Bertz CT molecular complexity index is 1290. The Hall–Kier alpha value is -3.30. The standard InChI is InChI=1S/C26H17BrN2/c27-21-13-11-18(12-14-21)20-16-25(29-26(17-20)24-10-3-4-15-28-24)23-9-5-7-19-6-1-2-8-22(19)23/h1-17H. The van der Waals surface area contributed by atoms with Crippen molar-refractivity contribution in [3.05, 3.63) is 108 Å². The fraction of sp³-hybridized carbons (Fsp3) is 0. The smallest absolute Gasteiger partial charge is 0.0899 e. The van der Waals surface area contributed by atoms with E-state index in [0.29, 0.717) is 0 Å². The van der Waals surface area contributed by atoms with Gasteiger partial charge in [0.15, 0.2) is 0 Å². The van der Waals surface area contributed by atoms with E-state index in [1.807, 2.05) is 18.2 Å². The molecule has 2 nitrogen and oxygen atoms in total. The first-order valence-corrected chi connectivity index (χ1v) is 10.2. The van der Waals surface area contributed by atoms with Gasteiger partial charge in [0.2, 0.25) is 0 Å². The molecule has 0 fully saturated rings. The summed E-state index contributed by atoms with van der Waals surface area (Å²) in [5.41, 5.74) is 6.08.